The molecule has 3 heteroatoms. The molecule has 0 aliphatic heterocycles. The molecule has 14 heavy (non-hydrogen) atoms. The van der Waals surface area contributed by atoms with Gasteiger partial charge in [0, 0.05) is 17.1 Å². The molecular weight excluding hydrogens is 198 g/mol. The van der Waals surface area contributed by atoms with Crippen LogP contribution in [0.15, 0.2) is 24.3 Å². The fourth-order valence-corrected chi connectivity index (χ4v) is 1.55. The molecule has 1 rings (SSSR count). The molecule has 1 aromatic carbocycles. The number of benzene rings is 1. The van der Waals surface area contributed by atoms with Gasteiger partial charge in [0.05, 0.1) is 6.61 Å². The van der Waals surface area contributed by atoms with E-state index in [1.165, 1.54) is 0 Å². The smallest absolute Gasteiger partial charge is 0.0582 e. The van der Waals surface area contributed by atoms with Crippen LogP contribution in [-0.2, 0) is 0 Å². The van der Waals surface area contributed by atoms with E-state index < -0.39 is 0 Å². The molecule has 0 bridgehead atoms. The molecule has 0 heterocycles. The highest BCUT2D eigenvalue weighted by molar-refractivity contribution is 6.30. The number of halogens is 1. The monoisotopic (exact) mass is 213 g/mol. The van der Waals surface area contributed by atoms with Gasteiger partial charge in [-0.05, 0) is 31.5 Å². The van der Waals surface area contributed by atoms with Crippen molar-refractivity contribution in [1.29, 1.82) is 0 Å². The minimum absolute atomic E-state index is 0.101. The third-order valence-corrected chi connectivity index (χ3v) is 2.39. The number of nitrogens with one attached hydrogen (secondary N) is 1. The van der Waals surface area contributed by atoms with E-state index >= 15 is 0 Å². The van der Waals surface area contributed by atoms with Crippen LogP contribution in [0.25, 0.3) is 0 Å². The third kappa shape index (κ3) is 3.29. The highest BCUT2D eigenvalue weighted by atomic mass is 35.5. The van der Waals surface area contributed by atoms with Crippen LogP contribution in [0, 0.1) is 0 Å². The lowest BCUT2D eigenvalue weighted by molar-refractivity contribution is 0.243. The summed E-state index contributed by atoms with van der Waals surface area (Å²) in [7, 11) is 0. The van der Waals surface area contributed by atoms with Gasteiger partial charge >= 0.3 is 0 Å². The van der Waals surface area contributed by atoms with E-state index in [0.717, 1.165) is 10.6 Å². The van der Waals surface area contributed by atoms with Gasteiger partial charge < -0.3 is 10.4 Å². The Morgan fingerprint density at radius 1 is 1.43 bits per heavy atom. The molecule has 1 aromatic rings. The van der Waals surface area contributed by atoms with Crippen LogP contribution in [-0.4, -0.2) is 17.8 Å². The zero-order valence-electron chi connectivity index (χ0n) is 8.50. The molecule has 0 radical (unpaired) electrons. The molecule has 0 aliphatic rings. The van der Waals surface area contributed by atoms with Crippen molar-refractivity contribution >= 4 is 11.6 Å². The van der Waals surface area contributed by atoms with Crippen LogP contribution in [0.2, 0.25) is 5.02 Å². The summed E-state index contributed by atoms with van der Waals surface area (Å²) >= 11 is 5.88. The zero-order valence-corrected chi connectivity index (χ0v) is 9.25. The molecule has 2 atom stereocenters. The molecule has 0 spiro atoms. The standard InChI is InChI=1S/C11H16ClNO/c1-8(7-14)13-9(2)10-4-3-5-11(12)6-10/h3-6,8-9,13-14H,7H2,1-2H3/t8-,9?/m0/s1. The zero-order chi connectivity index (χ0) is 10.6. The summed E-state index contributed by atoms with van der Waals surface area (Å²) in [4.78, 5) is 0. The molecule has 0 amide bonds. The van der Waals surface area contributed by atoms with Gasteiger partial charge in [0.1, 0.15) is 0 Å². The maximum Gasteiger partial charge on any atom is 0.0582 e. The number of aliphatic hydroxyl groups is 1. The Kier molecular flexibility index (Phi) is 4.39. The van der Waals surface area contributed by atoms with E-state index in [-0.39, 0.29) is 18.7 Å². The molecule has 0 fully saturated rings. The summed E-state index contributed by atoms with van der Waals surface area (Å²) < 4.78 is 0. The Hall–Kier alpha value is -0.570. The van der Waals surface area contributed by atoms with Crippen LogP contribution >= 0.6 is 11.6 Å². The van der Waals surface area contributed by atoms with Crippen molar-refractivity contribution in [2.24, 2.45) is 0 Å². The lowest BCUT2D eigenvalue weighted by Gasteiger charge is -2.18. The summed E-state index contributed by atoms with van der Waals surface area (Å²) in [5.74, 6) is 0. The van der Waals surface area contributed by atoms with Gasteiger partial charge in [-0.1, -0.05) is 23.7 Å². The molecule has 2 N–H and O–H groups in total. The van der Waals surface area contributed by atoms with E-state index in [2.05, 4.69) is 12.2 Å². The van der Waals surface area contributed by atoms with Crippen LogP contribution in [0.1, 0.15) is 25.5 Å². The van der Waals surface area contributed by atoms with E-state index in [0.29, 0.717) is 0 Å². The topological polar surface area (TPSA) is 32.3 Å². The average molecular weight is 214 g/mol. The SMILES string of the molecule is CC(N[C@@H](C)CO)c1cccc(Cl)c1. The van der Waals surface area contributed by atoms with Gasteiger partial charge in [0.25, 0.3) is 0 Å². The minimum Gasteiger partial charge on any atom is -0.395 e. The maximum atomic E-state index is 8.90. The second-order valence-electron chi connectivity index (χ2n) is 3.53. The van der Waals surface area contributed by atoms with E-state index in [9.17, 15) is 0 Å². The first-order valence-electron chi connectivity index (χ1n) is 4.76. The van der Waals surface area contributed by atoms with Gasteiger partial charge in [-0.15, -0.1) is 0 Å². The first-order valence-corrected chi connectivity index (χ1v) is 5.13. The van der Waals surface area contributed by atoms with Crippen molar-refractivity contribution in [2.45, 2.75) is 25.9 Å². The number of rotatable bonds is 4. The Labute approximate surface area is 89.9 Å². The molecule has 2 nitrogen and oxygen atoms in total. The summed E-state index contributed by atoms with van der Waals surface area (Å²) in [5, 5.41) is 12.9. The second-order valence-corrected chi connectivity index (χ2v) is 3.96. The maximum absolute atomic E-state index is 8.90. The quantitative estimate of drug-likeness (QED) is 0.805. The van der Waals surface area contributed by atoms with Crippen molar-refractivity contribution < 1.29 is 5.11 Å². The molecule has 0 aliphatic carbocycles. The molecule has 78 valence electrons. The lowest BCUT2D eigenvalue weighted by atomic mass is 10.1. The largest absolute Gasteiger partial charge is 0.395 e. The lowest BCUT2D eigenvalue weighted by Crippen LogP contribution is -2.31. The van der Waals surface area contributed by atoms with Gasteiger partial charge in [0.2, 0.25) is 0 Å². The van der Waals surface area contributed by atoms with Crippen LogP contribution < -0.4 is 5.32 Å². The van der Waals surface area contributed by atoms with E-state index in [1.54, 1.807) is 0 Å². The van der Waals surface area contributed by atoms with Crippen molar-refractivity contribution in [3.8, 4) is 0 Å². The normalized spacial score (nSPS) is 15.1. The number of aliphatic hydroxyl groups excluding tert-OH is 1. The Balaban J connectivity index is 2.64. The van der Waals surface area contributed by atoms with Crippen molar-refractivity contribution in [3.05, 3.63) is 34.9 Å². The molecule has 1 unspecified atom stereocenters. The predicted octanol–water partition coefficient (Wildman–Crippen LogP) is 2.37. The van der Waals surface area contributed by atoms with Crippen LogP contribution in [0.3, 0.4) is 0 Å². The Bertz CT molecular complexity index is 290. The minimum atomic E-state index is 0.101. The van der Waals surface area contributed by atoms with Crippen LogP contribution in [0.5, 0.6) is 0 Å². The summed E-state index contributed by atoms with van der Waals surface area (Å²) in [5.41, 5.74) is 1.14. The van der Waals surface area contributed by atoms with Crippen molar-refractivity contribution in [2.75, 3.05) is 6.61 Å². The van der Waals surface area contributed by atoms with Gasteiger partial charge in [-0.25, -0.2) is 0 Å². The Morgan fingerprint density at radius 3 is 2.71 bits per heavy atom. The van der Waals surface area contributed by atoms with E-state index in [4.69, 9.17) is 16.7 Å². The van der Waals surface area contributed by atoms with Gasteiger partial charge in [-0.3, -0.25) is 0 Å². The highest BCUT2D eigenvalue weighted by Crippen LogP contribution is 2.17. The molecule has 0 aromatic heterocycles. The second kappa shape index (κ2) is 5.35. The molecular formula is C11H16ClNO. The number of hydrogen-bond donors (Lipinski definition) is 2. The third-order valence-electron chi connectivity index (χ3n) is 2.16. The van der Waals surface area contributed by atoms with Crippen molar-refractivity contribution in [3.63, 3.8) is 0 Å². The highest BCUT2D eigenvalue weighted by Gasteiger charge is 2.08. The van der Waals surface area contributed by atoms with Crippen LogP contribution in [0.4, 0.5) is 0 Å². The number of hydrogen-bond acceptors (Lipinski definition) is 2. The summed E-state index contributed by atoms with van der Waals surface area (Å²) in [6.45, 7) is 4.14. The van der Waals surface area contributed by atoms with Crippen molar-refractivity contribution in [1.82, 2.24) is 5.32 Å². The first kappa shape index (κ1) is 11.5. The van der Waals surface area contributed by atoms with E-state index in [1.807, 2.05) is 31.2 Å². The average Bonchev–Trinajstić information content (AvgIpc) is 2.17. The molecule has 0 saturated carbocycles. The fourth-order valence-electron chi connectivity index (χ4n) is 1.35. The van der Waals surface area contributed by atoms with Gasteiger partial charge in [0.15, 0.2) is 0 Å². The fraction of sp³-hybridized carbons (Fsp3) is 0.455. The predicted molar refractivity (Wildman–Crippen MR) is 59.6 cm³/mol. The summed E-state index contributed by atoms with van der Waals surface area (Å²) in [6.07, 6.45) is 0. The van der Waals surface area contributed by atoms with Gasteiger partial charge in [-0.2, -0.15) is 0 Å². The Morgan fingerprint density at radius 2 is 2.14 bits per heavy atom. The summed E-state index contributed by atoms with van der Waals surface area (Å²) in [6, 6.07) is 8.05. The molecule has 0 saturated heterocycles. The first-order chi connectivity index (χ1) is 6.63.